The standard InChI is InChI=1S/C10H18/c1-9(2)7-6-8-10(3,4)5/h3H,1,6-8H2,2,4-5H3. The predicted molar refractivity (Wildman–Crippen MR) is 46.7 cm³/mol. The zero-order chi connectivity index (χ0) is 8.20. The summed E-state index contributed by atoms with van der Waals surface area (Å²) in [4.78, 5) is 0. The van der Waals surface area contributed by atoms with E-state index >= 15 is 0 Å². The van der Waals surface area contributed by atoms with E-state index in [0.29, 0.717) is 0 Å². The molecule has 0 aromatic rings. The molecule has 0 heteroatoms. The van der Waals surface area contributed by atoms with Crippen molar-refractivity contribution in [3.63, 3.8) is 0 Å². The lowest BCUT2D eigenvalue weighted by molar-refractivity contribution is 0.417. The molecule has 0 N–H and O–H groups in total. The molecule has 0 unspecified atom stereocenters. The molecule has 0 nitrogen and oxygen atoms in total. The van der Waals surface area contributed by atoms with E-state index in [0.717, 1.165) is 12.8 Å². The van der Waals surface area contributed by atoms with Gasteiger partial charge in [0.25, 0.3) is 0 Å². The van der Waals surface area contributed by atoms with Gasteiger partial charge in [0.05, 0.1) is 0 Å². The second kappa shape index (κ2) is 3.80. The first-order valence-electron chi connectivity index (χ1n) is 3.85. The molecule has 0 spiro atoms. The van der Waals surface area contributed by atoms with Crippen LogP contribution < -0.4 is 0 Å². The third kappa shape index (κ3) is 7.74. The Morgan fingerprint density at radius 2 is 2.00 bits per heavy atom. The van der Waals surface area contributed by atoms with Crippen LogP contribution >= 0.6 is 0 Å². The molecule has 0 amide bonds. The zero-order valence-corrected chi connectivity index (χ0v) is 7.41. The van der Waals surface area contributed by atoms with E-state index in [2.05, 4.69) is 27.4 Å². The minimum absolute atomic E-state index is 0.00451. The molecule has 2 radical (unpaired) electrons. The molecule has 0 aromatic heterocycles. The van der Waals surface area contributed by atoms with Crippen molar-refractivity contribution >= 4 is 0 Å². The Morgan fingerprint density at radius 3 is 2.30 bits per heavy atom. The molecule has 0 aromatic carbocycles. The normalized spacial score (nSPS) is 11.6. The maximum Gasteiger partial charge on any atom is -0.0290 e. The zero-order valence-electron chi connectivity index (χ0n) is 7.41. The molecule has 0 heterocycles. The second-order valence-corrected chi connectivity index (χ2v) is 3.80. The van der Waals surface area contributed by atoms with Crippen molar-refractivity contribution in [2.45, 2.75) is 40.0 Å². The van der Waals surface area contributed by atoms with Crippen LogP contribution in [0.2, 0.25) is 0 Å². The summed E-state index contributed by atoms with van der Waals surface area (Å²) in [7, 11) is 0. The second-order valence-electron chi connectivity index (χ2n) is 3.80. The summed E-state index contributed by atoms with van der Waals surface area (Å²) in [6, 6.07) is 0. The molecule has 0 saturated heterocycles. The van der Waals surface area contributed by atoms with Crippen molar-refractivity contribution in [3.05, 3.63) is 19.1 Å². The highest BCUT2D eigenvalue weighted by atomic mass is 14.1. The van der Waals surface area contributed by atoms with Crippen molar-refractivity contribution < 1.29 is 0 Å². The first-order chi connectivity index (χ1) is 4.42. The van der Waals surface area contributed by atoms with Crippen LogP contribution in [0.4, 0.5) is 0 Å². The van der Waals surface area contributed by atoms with Gasteiger partial charge in [0.1, 0.15) is 0 Å². The summed E-state index contributed by atoms with van der Waals surface area (Å²) in [5.74, 6) is 0. The fraction of sp³-hybridized carbons (Fsp3) is 0.700. The van der Waals surface area contributed by atoms with Crippen LogP contribution in [0.25, 0.3) is 0 Å². The number of rotatable bonds is 4. The molecular formula is C10H18. The van der Waals surface area contributed by atoms with E-state index in [1.54, 1.807) is 0 Å². The van der Waals surface area contributed by atoms with E-state index in [9.17, 15) is 0 Å². The monoisotopic (exact) mass is 138 g/mol. The van der Waals surface area contributed by atoms with Gasteiger partial charge in [0.15, 0.2) is 0 Å². The van der Waals surface area contributed by atoms with E-state index < -0.39 is 0 Å². The van der Waals surface area contributed by atoms with Gasteiger partial charge in [-0.2, -0.15) is 0 Å². The number of hydrogen-bond acceptors (Lipinski definition) is 0. The Morgan fingerprint density at radius 1 is 1.50 bits per heavy atom. The average molecular weight is 138 g/mol. The van der Waals surface area contributed by atoms with Crippen LogP contribution in [0.3, 0.4) is 0 Å². The molecule has 0 fully saturated rings. The smallest absolute Gasteiger partial charge is 0.0290 e. The Hall–Kier alpha value is -0.260. The van der Waals surface area contributed by atoms with Gasteiger partial charge >= 0.3 is 0 Å². The molecular weight excluding hydrogens is 120 g/mol. The van der Waals surface area contributed by atoms with Crippen LogP contribution in [0.1, 0.15) is 40.0 Å². The lowest BCUT2D eigenvalue weighted by atomic mass is 9.89. The van der Waals surface area contributed by atoms with Gasteiger partial charge in [-0.05, 0) is 38.5 Å². The fourth-order valence-corrected chi connectivity index (χ4v) is 0.846. The number of allylic oxidation sites excluding steroid dienone is 1. The quantitative estimate of drug-likeness (QED) is 0.522. The third-order valence-electron chi connectivity index (χ3n) is 1.42. The Kier molecular flexibility index (Phi) is 3.70. The van der Waals surface area contributed by atoms with E-state index in [-0.39, 0.29) is 5.41 Å². The summed E-state index contributed by atoms with van der Waals surface area (Å²) >= 11 is 0. The average Bonchev–Trinajstić information content (AvgIpc) is 1.59. The van der Waals surface area contributed by atoms with Gasteiger partial charge in [-0.1, -0.05) is 19.4 Å². The van der Waals surface area contributed by atoms with Crippen LogP contribution in [-0.2, 0) is 0 Å². The highest BCUT2D eigenvalue weighted by molar-refractivity contribution is 4.88. The van der Waals surface area contributed by atoms with E-state index in [1.165, 1.54) is 12.0 Å². The van der Waals surface area contributed by atoms with Crippen molar-refractivity contribution in [2.24, 2.45) is 5.41 Å². The minimum Gasteiger partial charge on any atom is -0.100 e. The highest BCUT2D eigenvalue weighted by Gasteiger charge is 2.08. The van der Waals surface area contributed by atoms with Crippen LogP contribution in [0, 0.1) is 12.3 Å². The number of hydrogen-bond donors (Lipinski definition) is 0. The van der Waals surface area contributed by atoms with Crippen molar-refractivity contribution in [2.75, 3.05) is 0 Å². The van der Waals surface area contributed by atoms with Crippen LogP contribution in [-0.4, -0.2) is 0 Å². The van der Waals surface area contributed by atoms with Crippen molar-refractivity contribution in [3.8, 4) is 0 Å². The maximum atomic E-state index is 5.79. The summed E-state index contributed by atoms with van der Waals surface area (Å²) in [6.07, 6.45) is 3.36. The van der Waals surface area contributed by atoms with Gasteiger partial charge in [0, 0.05) is 0 Å². The highest BCUT2D eigenvalue weighted by Crippen LogP contribution is 2.21. The molecule has 10 heavy (non-hydrogen) atoms. The predicted octanol–water partition coefficient (Wildman–Crippen LogP) is 3.47. The van der Waals surface area contributed by atoms with Crippen molar-refractivity contribution in [1.29, 1.82) is 0 Å². The van der Waals surface area contributed by atoms with Gasteiger partial charge < -0.3 is 0 Å². The minimum atomic E-state index is -0.00451. The summed E-state index contributed by atoms with van der Waals surface area (Å²) < 4.78 is 0. The Labute approximate surface area is 65.3 Å². The van der Waals surface area contributed by atoms with Gasteiger partial charge in [0.2, 0.25) is 0 Å². The largest absolute Gasteiger partial charge is 0.100 e. The summed E-state index contributed by atoms with van der Waals surface area (Å²) in [5.41, 5.74) is 1.25. The molecule has 0 saturated carbocycles. The molecule has 0 aliphatic rings. The SMILES string of the molecule is [CH]C(C)(C)CCCC(=C)C. The third-order valence-corrected chi connectivity index (χ3v) is 1.42. The first-order valence-corrected chi connectivity index (χ1v) is 3.85. The first kappa shape index (κ1) is 9.74. The molecule has 0 rings (SSSR count). The molecule has 0 bridgehead atoms. The Balaban J connectivity index is 3.29. The molecule has 0 aliphatic heterocycles. The van der Waals surface area contributed by atoms with Crippen LogP contribution in [0.15, 0.2) is 12.2 Å². The summed E-state index contributed by atoms with van der Waals surface area (Å²) in [5, 5.41) is 0. The van der Waals surface area contributed by atoms with E-state index in [1.807, 2.05) is 0 Å². The van der Waals surface area contributed by atoms with Gasteiger partial charge in [-0.15, -0.1) is 6.58 Å². The lowest BCUT2D eigenvalue weighted by Crippen LogP contribution is -2.04. The van der Waals surface area contributed by atoms with Gasteiger partial charge in [-0.25, -0.2) is 0 Å². The molecule has 0 atom stereocenters. The summed E-state index contributed by atoms with van der Waals surface area (Å²) in [6.45, 7) is 15.8. The van der Waals surface area contributed by atoms with E-state index in [4.69, 9.17) is 6.92 Å². The van der Waals surface area contributed by atoms with Crippen LogP contribution in [0.5, 0.6) is 0 Å². The molecule has 0 aliphatic carbocycles. The maximum absolute atomic E-state index is 5.79. The van der Waals surface area contributed by atoms with Gasteiger partial charge in [-0.3, -0.25) is 0 Å². The topological polar surface area (TPSA) is 0 Å². The Bertz CT molecular complexity index is 104. The van der Waals surface area contributed by atoms with Crippen molar-refractivity contribution in [1.82, 2.24) is 0 Å². The molecule has 58 valence electrons. The fourth-order valence-electron chi connectivity index (χ4n) is 0.846. The lowest BCUT2D eigenvalue weighted by Gasteiger charge is -2.16.